The van der Waals surface area contributed by atoms with E-state index in [4.69, 9.17) is 4.98 Å². The van der Waals surface area contributed by atoms with Gasteiger partial charge in [-0.15, -0.1) is 0 Å². The Hall–Kier alpha value is -2.73. The van der Waals surface area contributed by atoms with Gasteiger partial charge in [-0.3, -0.25) is 14.4 Å². The minimum absolute atomic E-state index is 0.122. The smallest absolute Gasteiger partial charge is 0.254 e. The number of piperazine rings is 1. The van der Waals surface area contributed by atoms with Crippen molar-refractivity contribution in [2.45, 2.75) is 32.2 Å². The zero-order chi connectivity index (χ0) is 20.0. The average Bonchev–Trinajstić information content (AvgIpc) is 3.18. The molecule has 2 aliphatic heterocycles. The molecule has 0 spiro atoms. The summed E-state index contributed by atoms with van der Waals surface area (Å²) in [5.41, 5.74) is 4.49. The van der Waals surface area contributed by atoms with Crippen LogP contribution in [-0.4, -0.2) is 62.7 Å². The Balaban J connectivity index is 1.55. The summed E-state index contributed by atoms with van der Waals surface area (Å²) in [6.45, 7) is 5.84. The minimum atomic E-state index is 0.122. The Morgan fingerprint density at radius 2 is 2.03 bits per heavy atom. The Labute approximate surface area is 171 Å². The summed E-state index contributed by atoms with van der Waals surface area (Å²) in [6, 6.07) is 8.61. The lowest BCUT2D eigenvalue weighted by Crippen LogP contribution is -2.56. The van der Waals surface area contributed by atoms with Gasteiger partial charge in [-0.2, -0.15) is 5.10 Å². The van der Waals surface area contributed by atoms with Gasteiger partial charge in [0, 0.05) is 49.9 Å². The number of aryl methyl sites for hydroxylation is 2. The standard InChI is InChI=1S/C23H27N5O/c1-16-6-7-19-20(12-21(25-22(19)11-16)17-13-24-26(2)14-17)23(29)28-10-9-27-8-4-3-5-18(27)15-28/h6-7,11-14,18H,3-5,8-10,15H2,1-2H3. The molecule has 0 bridgehead atoms. The maximum Gasteiger partial charge on any atom is 0.254 e. The van der Waals surface area contributed by atoms with Crippen molar-refractivity contribution in [1.29, 1.82) is 0 Å². The molecule has 0 saturated carbocycles. The third-order valence-electron chi connectivity index (χ3n) is 6.32. The van der Waals surface area contributed by atoms with E-state index in [1.807, 2.05) is 30.3 Å². The monoisotopic (exact) mass is 389 g/mol. The van der Waals surface area contributed by atoms with Crippen LogP contribution in [0.4, 0.5) is 0 Å². The molecule has 4 heterocycles. The van der Waals surface area contributed by atoms with Gasteiger partial charge in [0.05, 0.1) is 23.0 Å². The number of aromatic nitrogens is 3. The Morgan fingerprint density at radius 3 is 2.86 bits per heavy atom. The van der Waals surface area contributed by atoms with Gasteiger partial charge in [0.25, 0.3) is 5.91 Å². The molecule has 150 valence electrons. The van der Waals surface area contributed by atoms with E-state index in [2.05, 4.69) is 29.1 Å². The van der Waals surface area contributed by atoms with E-state index in [9.17, 15) is 4.79 Å². The lowest BCUT2D eigenvalue weighted by molar-refractivity contribution is 0.0374. The van der Waals surface area contributed by atoms with E-state index < -0.39 is 0 Å². The van der Waals surface area contributed by atoms with Crippen LogP contribution in [0.1, 0.15) is 35.2 Å². The second kappa shape index (κ2) is 7.26. The number of nitrogens with zero attached hydrogens (tertiary/aromatic N) is 5. The number of benzene rings is 1. The van der Waals surface area contributed by atoms with Gasteiger partial charge in [-0.25, -0.2) is 4.98 Å². The molecule has 5 rings (SSSR count). The first-order chi connectivity index (χ1) is 14.1. The molecule has 6 nitrogen and oxygen atoms in total. The number of carbonyl (C=O) groups is 1. The number of rotatable bonds is 2. The van der Waals surface area contributed by atoms with Crippen molar-refractivity contribution in [3.05, 3.63) is 47.8 Å². The highest BCUT2D eigenvalue weighted by atomic mass is 16.2. The summed E-state index contributed by atoms with van der Waals surface area (Å²) < 4.78 is 1.77. The molecule has 1 unspecified atom stereocenters. The molecule has 1 atom stereocenters. The van der Waals surface area contributed by atoms with Gasteiger partial charge in [-0.1, -0.05) is 18.6 Å². The fraction of sp³-hybridized carbons (Fsp3) is 0.435. The first-order valence-electron chi connectivity index (χ1n) is 10.5. The van der Waals surface area contributed by atoms with Crippen LogP contribution < -0.4 is 0 Å². The van der Waals surface area contributed by atoms with Crippen LogP contribution in [0.2, 0.25) is 0 Å². The lowest BCUT2D eigenvalue weighted by atomic mass is 9.98. The molecular formula is C23H27N5O. The van der Waals surface area contributed by atoms with Crippen molar-refractivity contribution in [2.24, 2.45) is 7.05 Å². The molecule has 0 aliphatic carbocycles. The van der Waals surface area contributed by atoms with Crippen molar-refractivity contribution in [2.75, 3.05) is 26.2 Å². The van der Waals surface area contributed by atoms with Crippen LogP contribution in [0, 0.1) is 6.92 Å². The quantitative estimate of drug-likeness (QED) is 0.675. The van der Waals surface area contributed by atoms with Gasteiger partial charge in [0.15, 0.2) is 0 Å². The molecule has 3 aromatic rings. The van der Waals surface area contributed by atoms with E-state index in [0.29, 0.717) is 6.04 Å². The van der Waals surface area contributed by atoms with Crippen LogP contribution >= 0.6 is 0 Å². The van der Waals surface area contributed by atoms with Gasteiger partial charge in [0.1, 0.15) is 0 Å². The molecule has 2 fully saturated rings. The largest absolute Gasteiger partial charge is 0.336 e. The van der Waals surface area contributed by atoms with Crippen LogP contribution in [0.5, 0.6) is 0 Å². The molecule has 6 heteroatoms. The Bertz CT molecular complexity index is 1070. The molecule has 29 heavy (non-hydrogen) atoms. The number of carbonyl (C=O) groups excluding carboxylic acids is 1. The molecule has 0 N–H and O–H groups in total. The molecule has 2 aromatic heterocycles. The fourth-order valence-corrected chi connectivity index (χ4v) is 4.73. The second-order valence-electron chi connectivity index (χ2n) is 8.42. The lowest BCUT2D eigenvalue weighted by Gasteiger charge is -2.44. The van der Waals surface area contributed by atoms with E-state index in [1.54, 1.807) is 10.9 Å². The zero-order valence-electron chi connectivity index (χ0n) is 17.1. The van der Waals surface area contributed by atoms with Crippen LogP contribution in [0.3, 0.4) is 0 Å². The zero-order valence-corrected chi connectivity index (χ0v) is 17.1. The number of hydrogen-bond acceptors (Lipinski definition) is 4. The predicted molar refractivity (Wildman–Crippen MR) is 114 cm³/mol. The van der Waals surface area contributed by atoms with Crippen molar-refractivity contribution >= 4 is 16.8 Å². The molecule has 1 amide bonds. The summed E-state index contributed by atoms with van der Waals surface area (Å²) in [4.78, 5) is 23.1. The third kappa shape index (κ3) is 3.42. The van der Waals surface area contributed by atoms with Gasteiger partial charge >= 0.3 is 0 Å². The number of piperidine rings is 1. The van der Waals surface area contributed by atoms with Crippen molar-refractivity contribution in [1.82, 2.24) is 24.6 Å². The highest BCUT2D eigenvalue weighted by Gasteiger charge is 2.32. The predicted octanol–water partition coefficient (Wildman–Crippen LogP) is 3.25. The summed E-state index contributed by atoms with van der Waals surface area (Å²) in [7, 11) is 1.89. The normalized spacial score (nSPS) is 20.1. The SMILES string of the molecule is Cc1ccc2c(C(=O)N3CCN4CCCCC4C3)cc(-c3cnn(C)c3)nc2c1. The van der Waals surface area contributed by atoms with Crippen molar-refractivity contribution < 1.29 is 4.79 Å². The van der Waals surface area contributed by atoms with Crippen molar-refractivity contribution in [3.63, 3.8) is 0 Å². The number of fused-ring (bicyclic) bond motifs is 2. The molecular weight excluding hydrogens is 362 g/mol. The number of pyridine rings is 1. The molecule has 1 aromatic carbocycles. The molecule has 0 radical (unpaired) electrons. The van der Waals surface area contributed by atoms with E-state index >= 15 is 0 Å². The second-order valence-corrected chi connectivity index (χ2v) is 8.42. The summed E-state index contributed by atoms with van der Waals surface area (Å²) in [5, 5.41) is 5.21. The maximum atomic E-state index is 13.6. The van der Waals surface area contributed by atoms with Crippen LogP contribution in [-0.2, 0) is 7.05 Å². The van der Waals surface area contributed by atoms with Crippen LogP contribution in [0.15, 0.2) is 36.7 Å². The third-order valence-corrected chi connectivity index (χ3v) is 6.32. The van der Waals surface area contributed by atoms with Crippen LogP contribution in [0.25, 0.3) is 22.2 Å². The molecule has 2 aliphatic rings. The molecule has 2 saturated heterocycles. The summed E-state index contributed by atoms with van der Waals surface area (Å²) in [5.74, 6) is 0.122. The Morgan fingerprint density at radius 1 is 1.14 bits per heavy atom. The van der Waals surface area contributed by atoms with E-state index in [1.165, 1.54) is 25.8 Å². The van der Waals surface area contributed by atoms with Gasteiger partial charge < -0.3 is 4.90 Å². The topological polar surface area (TPSA) is 54.3 Å². The maximum absolute atomic E-state index is 13.6. The first-order valence-corrected chi connectivity index (χ1v) is 10.5. The van der Waals surface area contributed by atoms with E-state index in [0.717, 1.165) is 52.9 Å². The number of hydrogen-bond donors (Lipinski definition) is 0. The van der Waals surface area contributed by atoms with Gasteiger partial charge in [0.2, 0.25) is 0 Å². The average molecular weight is 390 g/mol. The first kappa shape index (κ1) is 18.3. The van der Waals surface area contributed by atoms with Crippen molar-refractivity contribution in [3.8, 4) is 11.3 Å². The number of amides is 1. The summed E-state index contributed by atoms with van der Waals surface area (Å²) >= 11 is 0. The Kier molecular flexibility index (Phi) is 4.59. The highest BCUT2D eigenvalue weighted by molar-refractivity contribution is 6.07. The highest BCUT2D eigenvalue weighted by Crippen LogP contribution is 2.28. The van der Waals surface area contributed by atoms with E-state index in [-0.39, 0.29) is 5.91 Å². The summed E-state index contributed by atoms with van der Waals surface area (Å²) in [6.07, 6.45) is 7.50. The van der Waals surface area contributed by atoms with Gasteiger partial charge in [-0.05, 0) is 44.0 Å². The minimum Gasteiger partial charge on any atom is -0.336 e. The fourth-order valence-electron chi connectivity index (χ4n) is 4.73.